The van der Waals surface area contributed by atoms with Crippen LogP contribution in [0.3, 0.4) is 0 Å². The molecule has 16 heavy (non-hydrogen) atoms. The Kier molecular flexibility index (Phi) is 2.89. The number of nitrogens with one attached hydrogen (secondary N) is 1. The Morgan fingerprint density at radius 3 is 3.06 bits per heavy atom. The van der Waals surface area contributed by atoms with Crippen molar-refractivity contribution < 1.29 is 4.79 Å². The van der Waals surface area contributed by atoms with Crippen LogP contribution in [0, 0.1) is 0 Å². The molecule has 0 spiro atoms. The van der Waals surface area contributed by atoms with Crippen LogP contribution in [0.4, 0.5) is 11.5 Å². The number of carbonyl (C=O) groups excluding carboxylic acids is 1. The van der Waals surface area contributed by atoms with Gasteiger partial charge in [0.1, 0.15) is 6.33 Å². The quantitative estimate of drug-likeness (QED) is 0.734. The van der Waals surface area contributed by atoms with E-state index in [0.717, 1.165) is 12.8 Å². The second-order valence-electron chi connectivity index (χ2n) is 4.00. The number of nitrogens with two attached hydrogens (primary N) is 1. The van der Waals surface area contributed by atoms with Crippen molar-refractivity contribution in [3.63, 3.8) is 0 Å². The van der Waals surface area contributed by atoms with Crippen LogP contribution in [0.2, 0.25) is 0 Å². The number of nitrogens with zero attached hydrogens (tertiary/aromatic N) is 3. The smallest absolute Gasteiger partial charge is 0.239 e. The van der Waals surface area contributed by atoms with Gasteiger partial charge in [0.05, 0.1) is 18.4 Å². The fourth-order valence-corrected chi connectivity index (χ4v) is 1.44. The molecule has 1 fully saturated rings. The number of nitrogen functional groups attached to an aromatic ring is 1. The zero-order valence-corrected chi connectivity index (χ0v) is 9.18. The summed E-state index contributed by atoms with van der Waals surface area (Å²) in [6, 6.07) is 0.378. The van der Waals surface area contributed by atoms with E-state index in [9.17, 15) is 4.79 Å². The molecule has 0 unspecified atom stereocenters. The maximum Gasteiger partial charge on any atom is 0.239 e. The number of aromatic nitrogens is 2. The molecule has 6 heteroatoms. The number of amides is 1. The van der Waals surface area contributed by atoms with Crippen molar-refractivity contribution in [2.75, 3.05) is 24.2 Å². The molecule has 0 aliphatic heterocycles. The summed E-state index contributed by atoms with van der Waals surface area (Å²) in [6.07, 6.45) is 5.12. The third kappa shape index (κ3) is 2.59. The third-order valence-corrected chi connectivity index (χ3v) is 2.40. The van der Waals surface area contributed by atoms with Crippen LogP contribution >= 0.6 is 0 Å². The number of carbonyl (C=O) groups is 1. The molecule has 1 heterocycles. The van der Waals surface area contributed by atoms with Gasteiger partial charge in [0.2, 0.25) is 5.91 Å². The van der Waals surface area contributed by atoms with E-state index in [0.29, 0.717) is 17.5 Å². The molecule has 1 aliphatic carbocycles. The van der Waals surface area contributed by atoms with Crippen molar-refractivity contribution in [2.45, 2.75) is 18.9 Å². The van der Waals surface area contributed by atoms with Gasteiger partial charge in [-0.3, -0.25) is 4.79 Å². The van der Waals surface area contributed by atoms with Crippen molar-refractivity contribution >= 4 is 17.4 Å². The minimum absolute atomic E-state index is 0.00279. The summed E-state index contributed by atoms with van der Waals surface area (Å²) < 4.78 is 0. The molecule has 86 valence electrons. The molecule has 0 radical (unpaired) electrons. The minimum atomic E-state index is 0.00279. The lowest BCUT2D eigenvalue weighted by Gasteiger charge is -2.18. The van der Waals surface area contributed by atoms with Gasteiger partial charge in [0, 0.05) is 13.1 Å². The molecule has 1 aromatic heterocycles. The first kappa shape index (κ1) is 10.7. The predicted molar refractivity (Wildman–Crippen MR) is 60.9 cm³/mol. The monoisotopic (exact) mass is 221 g/mol. The molecule has 1 amide bonds. The van der Waals surface area contributed by atoms with Gasteiger partial charge in [-0.15, -0.1) is 0 Å². The molecule has 3 N–H and O–H groups in total. The highest BCUT2D eigenvalue weighted by molar-refractivity contribution is 5.82. The molecule has 0 atom stereocenters. The second kappa shape index (κ2) is 4.34. The minimum Gasteiger partial charge on any atom is -0.394 e. The lowest BCUT2D eigenvalue weighted by atomic mass is 10.4. The predicted octanol–water partition coefficient (Wildman–Crippen LogP) is -0.226. The molecule has 0 bridgehead atoms. The van der Waals surface area contributed by atoms with Crippen LogP contribution in [0.5, 0.6) is 0 Å². The Hall–Kier alpha value is -1.85. The summed E-state index contributed by atoms with van der Waals surface area (Å²) in [5.41, 5.74) is 6.19. The van der Waals surface area contributed by atoms with Gasteiger partial charge < -0.3 is 16.0 Å². The van der Waals surface area contributed by atoms with E-state index in [1.54, 1.807) is 11.9 Å². The molecule has 1 aromatic rings. The van der Waals surface area contributed by atoms with Crippen LogP contribution in [-0.4, -0.2) is 35.5 Å². The lowest BCUT2D eigenvalue weighted by molar-refractivity contribution is -0.119. The fourth-order valence-electron chi connectivity index (χ4n) is 1.44. The SMILES string of the molecule is CN(CC(=O)NC1CC1)c1ncncc1N. The largest absolute Gasteiger partial charge is 0.394 e. The van der Waals surface area contributed by atoms with Gasteiger partial charge in [0.25, 0.3) is 0 Å². The highest BCUT2D eigenvalue weighted by atomic mass is 16.2. The van der Waals surface area contributed by atoms with E-state index in [1.807, 2.05) is 0 Å². The maximum atomic E-state index is 11.6. The van der Waals surface area contributed by atoms with E-state index in [4.69, 9.17) is 5.73 Å². The molecule has 6 nitrogen and oxygen atoms in total. The first-order valence-electron chi connectivity index (χ1n) is 5.23. The summed E-state index contributed by atoms with van der Waals surface area (Å²) in [5.74, 6) is 0.587. The van der Waals surface area contributed by atoms with Crippen molar-refractivity contribution in [1.29, 1.82) is 0 Å². The average molecular weight is 221 g/mol. The van der Waals surface area contributed by atoms with Gasteiger partial charge in [-0.05, 0) is 12.8 Å². The summed E-state index contributed by atoms with van der Waals surface area (Å²) in [5, 5.41) is 2.91. The topological polar surface area (TPSA) is 84.1 Å². The summed E-state index contributed by atoms with van der Waals surface area (Å²) >= 11 is 0. The molecule has 1 saturated carbocycles. The van der Waals surface area contributed by atoms with Gasteiger partial charge in [-0.2, -0.15) is 0 Å². The van der Waals surface area contributed by atoms with Crippen LogP contribution in [0.1, 0.15) is 12.8 Å². The lowest BCUT2D eigenvalue weighted by Crippen LogP contribution is -2.36. The number of hydrogen-bond donors (Lipinski definition) is 2. The van der Waals surface area contributed by atoms with E-state index in [-0.39, 0.29) is 12.5 Å². The van der Waals surface area contributed by atoms with Gasteiger partial charge >= 0.3 is 0 Å². The van der Waals surface area contributed by atoms with E-state index in [2.05, 4.69) is 15.3 Å². The molecule has 0 aromatic carbocycles. The van der Waals surface area contributed by atoms with Gasteiger partial charge in [0.15, 0.2) is 5.82 Å². The molecular formula is C10H15N5O. The van der Waals surface area contributed by atoms with Gasteiger partial charge in [-0.25, -0.2) is 9.97 Å². The van der Waals surface area contributed by atoms with Crippen molar-refractivity contribution in [1.82, 2.24) is 15.3 Å². The molecule has 0 saturated heterocycles. The Bertz CT molecular complexity index is 391. The fraction of sp³-hybridized carbons (Fsp3) is 0.500. The standard InChI is InChI=1S/C10H15N5O/c1-15(5-9(16)14-7-2-3-7)10-8(11)4-12-6-13-10/h4,6-7H,2-3,5,11H2,1H3,(H,14,16). The first-order valence-corrected chi connectivity index (χ1v) is 5.23. The van der Waals surface area contributed by atoms with Crippen LogP contribution in [0.15, 0.2) is 12.5 Å². The second-order valence-corrected chi connectivity index (χ2v) is 4.00. The van der Waals surface area contributed by atoms with Crippen molar-refractivity contribution in [3.05, 3.63) is 12.5 Å². The van der Waals surface area contributed by atoms with Crippen LogP contribution in [0.25, 0.3) is 0 Å². The Labute approximate surface area is 93.9 Å². The third-order valence-electron chi connectivity index (χ3n) is 2.40. The Balaban J connectivity index is 1.93. The van der Waals surface area contributed by atoms with Gasteiger partial charge in [-0.1, -0.05) is 0 Å². The molecular weight excluding hydrogens is 206 g/mol. The highest BCUT2D eigenvalue weighted by Gasteiger charge is 2.23. The Morgan fingerprint density at radius 2 is 2.44 bits per heavy atom. The van der Waals surface area contributed by atoms with Crippen molar-refractivity contribution in [2.24, 2.45) is 0 Å². The number of likely N-dealkylation sites (N-methyl/N-ethyl adjacent to an activating group) is 1. The van der Waals surface area contributed by atoms with E-state index >= 15 is 0 Å². The number of anilines is 2. The first-order chi connectivity index (χ1) is 7.66. The Morgan fingerprint density at radius 1 is 1.69 bits per heavy atom. The summed E-state index contributed by atoms with van der Waals surface area (Å²) in [6.45, 7) is 0.262. The zero-order chi connectivity index (χ0) is 11.5. The zero-order valence-electron chi connectivity index (χ0n) is 9.18. The van der Waals surface area contributed by atoms with E-state index in [1.165, 1.54) is 12.5 Å². The average Bonchev–Trinajstić information content (AvgIpc) is 3.01. The summed E-state index contributed by atoms with van der Waals surface area (Å²) in [4.78, 5) is 21.1. The normalized spacial score (nSPS) is 14.6. The molecule has 1 aliphatic rings. The van der Waals surface area contributed by atoms with E-state index < -0.39 is 0 Å². The van der Waals surface area contributed by atoms with Crippen LogP contribution < -0.4 is 16.0 Å². The number of hydrogen-bond acceptors (Lipinski definition) is 5. The maximum absolute atomic E-state index is 11.6. The summed E-state index contributed by atoms with van der Waals surface area (Å²) in [7, 11) is 1.78. The highest BCUT2D eigenvalue weighted by Crippen LogP contribution is 2.19. The molecule has 2 rings (SSSR count). The van der Waals surface area contributed by atoms with Crippen molar-refractivity contribution in [3.8, 4) is 0 Å². The van der Waals surface area contributed by atoms with Crippen LogP contribution in [-0.2, 0) is 4.79 Å². The number of rotatable bonds is 4.